The Bertz CT molecular complexity index is 2760. The first-order valence-corrected chi connectivity index (χ1v) is 28.8. The number of carbonyl (C=O) groups is 4. The maximum atomic E-state index is 13.9. The van der Waals surface area contributed by atoms with Gasteiger partial charge in [-0.15, -0.1) is 0 Å². The number of benzene rings is 2. The lowest BCUT2D eigenvalue weighted by atomic mass is 9.87. The number of aromatic amines is 1. The van der Waals surface area contributed by atoms with E-state index in [2.05, 4.69) is 73.8 Å². The highest BCUT2D eigenvalue weighted by Gasteiger charge is 2.39. The highest BCUT2D eigenvalue weighted by atomic mass is 35.5. The Morgan fingerprint density at radius 2 is 1.42 bits per heavy atom. The van der Waals surface area contributed by atoms with E-state index in [-0.39, 0.29) is 48.0 Å². The number of hydrogen-bond acceptors (Lipinski definition) is 14. The summed E-state index contributed by atoms with van der Waals surface area (Å²) in [7, 11) is 0. The Balaban J connectivity index is 0.592. The number of hydrogen-bond donors (Lipinski definition) is 6. The van der Waals surface area contributed by atoms with Crippen LogP contribution < -0.4 is 26.6 Å². The molecule has 7 N–H and O–H groups in total. The molecule has 0 spiro atoms. The van der Waals surface area contributed by atoms with Crippen LogP contribution in [0, 0.1) is 0 Å². The van der Waals surface area contributed by atoms with Gasteiger partial charge in [0.05, 0.1) is 23.1 Å². The first-order valence-electron chi connectivity index (χ1n) is 28.5. The molecule has 7 heterocycles. The smallest absolute Gasteiger partial charge is 0.270 e. The summed E-state index contributed by atoms with van der Waals surface area (Å²) in [6, 6.07) is 19.5. The minimum Gasteiger partial charge on any atom is -0.390 e. The van der Waals surface area contributed by atoms with Crippen molar-refractivity contribution < 1.29 is 24.3 Å². The van der Waals surface area contributed by atoms with Crippen LogP contribution in [0.3, 0.4) is 0 Å². The van der Waals surface area contributed by atoms with Gasteiger partial charge in [0, 0.05) is 121 Å². The lowest BCUT2D eigenvalue weighted by molar-refractivity contribution is -0.133. The number of anilines is 2. The number of piperazine rings is 1. The lowest BCUT2D eigenvalue weighted by Crippen LogP contribution is -2.60. The lowest BCUT2D eigenvalue weighted by Gasteiger charge is -2.39. The average molecular weight is 1090 g/mol. The van der Waals surface area contributed by atoms with Crippen molar-refractivity contribution in [3.05, 3.63) is 107 Å². The van der Waals surface area contributed by atoms with Crippen molar-refractivity contribution in [3.8, 4) is 0 Å². The molecule has 2 aromatic carbocycles. The van der Waals surface area contributed by atoms with Gasteiger partial charge in [-0.3, -0.25) is 29.0 Å². The van der Waals surface area contributed by atoms with Crippen molar-refractivity contribution in [2.75, 3.05) is 88.8 Å². The number of nitrogens with zero attached hydrogens (tertiary/aromatic N) is 9. The van der Waals surface area contributed by atoms with Gasteiger partial charge in [0.25, 0.3) is 5.91 Å². The van der Waals surface area contributed by atoms with Crippen molar-refractivity contribution in [1.29, 1.82) is 0 Å². The minimum atomic E-state index is -1.01. The van der Waals surface area contributed by atoms with Gasteiger partial charge < -0.3 is 46.5 Å². The van der Waals surface area contributed by atoms with Crippen LogP contribution in [-0.4, -0.2) is 169 Å². The highest BCUT2D eigenvalue weighted by molar-refractivity contribution is 6.30. The maximum absolute atomic E-state index is 13.9. The molecule has 0 aliphatic carbocycles. The summed E-state index contributed by atoms with van der Waals surface area (Å²) in [5.74, 6) is 1.35. The summed E-state index contributed by atoms with van der Waals surface area (Å²) in [6.07, 6.45) is 16.5. The third-order valence-corrected chi connectivity index (χ3v) is 16.6. The van der Waals surface area contributed by atoms with Crippen LogP contribution in [0.1, 0.15) is 123 Å². The number of carbonyl (C=O) groups excluding carboxylic acids is 4. The number of H-pyrrole nitrogens is 1. The quantitative estimate of drug-likeness (QED) is 0.0398. The average Bonchev–Trinajstić information content (AvgIpc) is 3.96. The first kappa shape index (κ1) is 56.5. The molecule has 0 unspecified atom stereocenters. The number of unbranched alkanes of at least 4 members (excludes halogenated alkanes) is 6. The number of aliphatic hydroxyl groups excluding tert-OH is 1. The standard InChI is InChI=1S/C58H79ClN14O5/c59-45-16-14-43(15-17-45)49(68-57(78)58(60)23-30-73(31-24-58)55-48-18-25-61-54(48)65-41-66-55)22-27-69-32-34-72(35-33-69)53(76)13-7-5-3-1-2-4-6-12-52(75)71-28-20-46(21-29-71)67-51-36-50(63-40-64-51)56(77)62-37-47(74)39-70-26-19-42-10-8-9-11-44(42)38-70/h8-11,14-18,25,36,40-41,46-47,49,74H,1-7,12-13,19-24,26-35,37-39,60H2,(H,62,77)(H,68,78)(H,61,65,66)(H,63,64,67)/t47-,49-/m0/s1. The largest absolute Gasteiger partial charge is 0.390 e. The molecule has 9 rings (SSSR count). The third kappa shape index (κ3) is 15.5. The van der Waals surface area contributed by atoms with Gasteiger partial charge in [-0.2, -0.15) is 0 Å². The third-order valence-electron chi connectivity index (χ3n) is 16.3. The molecular weight excluding hydrogens is 1010 g/mol. The van der Waals surface area contributed by atoms with Crippen LogP contribution in [0.4, 0.5) is 11.6 Å². The van der Waals surface area contributed by atoms with Crippen molar-refractivity contribution in [2.24, 2.45) is 5.73 Å². The number of β-amino-alcohol motifs (C(OH)–C–C–N with tert-alkyl or cyclic N) is 1. The zero-order valence-corrected chi connectivity index (χ0v) is 45.9. The number of fused-ring (bicyclic) bond motifs is 2. The van der Waals surface area contributed by atoms with Gasteiger partial charge in [0.2, 0.25) is 17.7 Å². The van der Waals surface area contributed by atoms with E-state index in [4.69, 9.17) is 17.3 Å². The fraction of sp³-hybridized carbons (Fsp3) is 0.552. The summed E-state index contributed by atoms with van der Waals surface area (Å²) in [5.41, 5.74) is 10.5. The maximum Gasteiger partial charge on any atom is 0.270 e. The SMILES string of the molecule is NC1(C(=O)N[C@@H](CCN2CCN(C(=O)CCCCCCCCCC(=O)N3CCC(Nc4cc(C(=O)NC[C@H](O)CN5CCc6ccccc6C5)ncn4)CC3)CC2)c2ccc(Cl)cc2)CCN(c2ncnc3[nH]ccc23)CC1. The van der Waals surface area contributed by atoms with Crippen molar-refractivity contribution in [2.45, 2.75) is 127 Å². The van der Waals surface area contributed by atoms with Crippen molar-refractivity contribution in [1.82, 2.24) is 55.2 Å². The van der Waals surface area contributed by atoms with Gasteiger partial charge in [-0.25, -0.2) is 19.9 Å². The van der Waals surface area contributed by atoms with Crippen LogP contribution >= 0.6 is 11.6 Å². The number of aromatic nitrogens is 5. The van der Waals surface area contributed by atoms with Crippen LogP contribution in [0.2, 0.25) is 5.02 Å². The second-order valence-electron chi connectivity index (χ2n) is 21.8. The van der Waals surface area contributed by atoms with Crippen LogP contribution in [0.5, 0.6) is 0 Å². The molecule has 19 nitrogen and oxygen atoms in total. The van der Waals surface area contributed by atoms with Gasteiger partial charge in [-0.1, -0.05) is 80.1 Å². The minimum absolute atomic E-state index is 0.131. The van der Waals surface area contributed by atoms with E-state index in [1.807, 2.05) is 52.4 Å². The second-order valence-corrected chi connectivity index (χ2v) is 22.3. The van der Waals surface area contributed by atoms with Crippen LogP contribution in [-0.2, 0) is 27.3 Å². The molecule has 3 saturated heterocycles. The molecule has 4 aliphatic rings. The summed E-state index contributed by atoms with van der Waals surface area (Å²) in [5, 5.41) is 21.8. The monoisotopic (exact) mass is 1090 g/mol. The highest BCUT2D eigenvalue weighted by Crippen LogP contribution is 2.30. The van der Waals surface area contributed by atoms with E-state index in [0.29, 0.717) is 88.8 Å². The Labute approximate surface area is 463 Å². The van der Waals surface area contributed by atoms with Gasteiger partial charge in [-0.05, 0) is 86.3 Å². The first-order chi connectivity index (χ1) is 38.0. The molecule has 0 radical (unpaired) electrons. The molecule has 20 heteroatoms. The van der Waals surface area contributed by atoms with E-state index in [9.17, 15) is 24.3 Å². The number of likely N-dealkylation sites (tertiary alicyclic amines) is 1. The molecule has 5 aromatic rings. The second kappa shape index (κ2) is 27.6. The molecule has 78 heavy (non-hydrogen) atoms. The van der Waals surface area contributed by atoms with Gasteiger partial charge in [0.15, 0.2) is 0 Å². The Morgan fingerprint density at radius 1 is 0.756 bits per heavy atom. The van der Waals surface area contributed by atoms with Crippen LogP contribution in [0.25, 0.3) is 11.0 Å². The summed E-state index contributed by atoms with van der Waals surface area (Å²) in [6.45, 7) is 8.60. The zero-order valence-electron chi connectivity index (χ0n) is 45.1. The molecule has 0 saturated carbocycles. The number of amides is 4. The fourth-order valence-corrected chi connectivity index (χ4v) is 11.6. The molecule has 2 atom stereocenters. The Kier molecular flexibility index (Phi) is 20.0. The van der Waals surface area contributed by atoms with E-state index >= 15 is 0 Å². The molecule has 3 fully saturated rings. The number of rotatable bonds is 24. The Morgan fingerprint density at radius 3 is 2.14 bits per heavy atom. The molecule has 4 amide bonds. The van der Waals surface area contributed by atoms with E-state index in [0.717, 1.165) is 119 Å². The van der Waals surface area contributed by atoms with Gasteiger partial charge in [0.1, 0.15) is 35.6 Å². The summed E-state index contributed by atoms with van der Waals surface area (Å²) in [4.78, 5) is 84.4. The molecule has 4 aliphatic heterocycles. The van der Waals surface area contributed by atoms with Crippen LogP contribution in [0.15, 0.2) is 79.5 Å². The number of halogens is 1. The zero-order chi connectivity index (χ0) is 54.3. The number of nitrogens with two attached hydrogens (primary N) is 1. The molecule has 418 valence electrons. The predicted molar refractivity (Wildman–Crippen MR) is 303 cm³/mol. The number of aliphatic hydroxyl groups is 1. The predicted octanol–water partition coefficient (Wildman–Crippen LogP) is 5.85. The Hall–Kier alpha value is -6.25. The van der Waals surface area contributed by atoms with Gasteiger partial charge >= 0.3 is 0 Å². The summed E-state index contributed by atoms with van der Waals surface area (Å²) < 4.78 is 0. The molecule has 0 bridgehead atoms. The van der Waals surface area contributed by atoms with Crippen molar-refractivity contribution >= 4 is 57.9 Å². The van der Waals surface area contributed by atoms with Crippen molar-refractivity contribution in [3.63, 3.8) is 0 Å². The molecular formula is C58H79ClN14O5. The number of piperidine rings is 2. The fourth-order valence-electron chi connectivity index (χ4n) is 11.5. The molecule has 3 aromatic heterocycles. The van der Waals surface area contributed by atoms with E-state index < -0.39 is 11.6 Å². The topological polar surface area (TPSA) is 234 Å². The summed E-state index contributed by atoms with van der Waals surface area (Å²) >= 11 is 6.26. The number of nitrogens with one attached hydrogen (secondary N) is 4. The van der Waals surface area contributed by atoms with E-state index in [1.54, 1.807) is 12.4 Å². The van der Waals surface area contributed by atoms with E-state index in [1.165, 1.54) is 17.5 Å². The normalized spacial score (nSPS) is 18.1.